The fourth-order valence-electron chi connectivity index (χ4n) is 1.60. The molecule has 1 saturated carbocycles. The van der Waals surface area contributed by atoms with E-state index in [1.165, 1.54) is 0 Å². The largest absolute Gasteiger partial charge is 0.486 e. The maximum Gasteiger partial charge on any atom is 0.316 e. The fourth-order valence-corrected chi connectivity index (χ4v) is 2.23. The Hall–Kier alpha value is -0.930. The summed E-state index contributed by atoms with van der Waals surface area (Å²) in [6, 6.07) is 9.11. The topological polar surface area (TPSA) is 35.5 Å². The molecule has 1 aliphatic carbocycles. The molecule has 0 heterocycles. The van der Waals surface area contributed by atoms with Crippen molar-refractivity contribution in [3.8, 4) is 5.75 Å². The molecule has 2 atom stereocenters. The van der Waals surface area contributed by atoms with Crippen molar-refractivity contribution in [1.29, 1.82) is 0 Å². The van der Waals surface area contributed by atoms with Gasteiger partial charge < -0.3 is 9.47 Å². The Labute approximate surface area is 110 Å². The molecule has 92 valence electrons. The third-order valence-corrected chi connectivity index (χ3v) is 3.43. The molecule has 2 unspecified atom stereocenters. The second kappa shape index (κ2) is 4.75. The Kier molecular flexibility index (Phi) is 3.50. The average molecular weight is 275 g/mol. The van der Waals surface area contributed by atoms with Crippen molar-refractivity contribution >= 4 is 29.2 Å². The molecule has 5 heteroatoms. The van der Waals surface area contributed by atoms with Crippen molar-refractivity contribution in [3.63, 3.8) is 0 Å². The molecular formula is C12H12Cl2O3. The number of para-hydroxylation sites is 1. The second-order valence-corrected chi connectivity index (χ2v) is 5.20. The molecule has 2 rings (SSSR count). The van der Waals surface area contributed by atoms with Crippen molar-refractivity contribution in [3.05, 3.63) is 30.3 Å². The summed E-state index contributed by atoms with van der Waals surface area (Å²) < 4.78 is 9.25. The van der Waals surface area contributed by atoms with E-state index in [4.69, 9.17) is 32.7 Å². The number of hydrogen-bond donors (Lipinski definition) is 0. The Morgan fingerprint density at radius 1 is 1.35 bits per heavy atom. The zero-order valence-electron chi connectivity index (χ0n) is 9.23. The van der Waals surface area contributed by atoms with E-state index in [-0.39, 0.29) is 0 Å². The quantitative estimate of drug-likeness (QED) is 0.626. The highest BCUT2D eigenvalue weighted by atomic mass is 35.5. The molecule has 0 bridgehead atoms. The second-order valence-electron chi connectivity index (χ2n) is 3.76. The summed E-state index contributed by atoms with van der Waals surface area (Å²) in [5, 5.41) is 0. The van der Waals surface area contributed by atoms with Crippen LogP contribution in [0.5, 0.6) is 5.75 Å². The van der Waals surface area contributed by atoms with Gasteiger partial charge in [0.2, 0.25) is 0 Å². The number of esters is 1. The van der Waals surface area contributed by atoms with Crippen LogP contribution in [-0.4, -0.2) is 23.0 Å². The summed E-state index contributed by atoms with van der Waals surface area (Å²) in [5.74, 6) is -0.403. The van der Waals surface area contributed by atoms with Crippen LogP contribution in [0.3, 0.4) is 0 Å². The predicted octanol–water partition coefficient (Wildman–Crippen LogP) is 2.80. The molecule has 1 aromatic rings. The maximum absolute atomic E-state index is 11.6. The Morgan fingerprint density at radius 2 is 2.00 bits per heavy atom. The van der Waals surface area contributed by atoms with E-state index in [0.29, 0.717) is 12.4 Å². The Balaban J connectivity index is 2.01. The van der Waals surface area contributed by atoms with Gasteiger partial charge in [0.15, 0.2) is 4.33 Å². The number of ether oxygens (including phenoxy) is 2. The van der Waals surface area contributed by atoms with E-state index in [1.807, 2.05) is 18.2 Å². The van der Waals surface area contributed by atoms with E-state index >= 15 is 0 Å². The first kappa shape index (κ1) is 12.5. The number of alkyl halides is 2. The highest BCUT2D eigenvalue weighted by Gasteiger charge is 2.71. The summed E-state index contributed by atoms with van der Waals surface area (Å²) >= 11 is 12.0. The molecule has 1 aromatic carbocycles. The van der Waals surface area contributed by atoms with E-state index in [1.54, 1.807) is 19.1 Å². The van der Waals surface area contributed by atoms with Gasteiger partial charge in [-0.3, -0.25) is 4.79 Å². The number of hydrogen-bond acceptors (Lipinski definition) is 3. The summed E-state index contributed by atoms with van der Waals surface area (Å²) in [6.45, 7) is 2.04. The van der Waals surface area contributed by atoms with Gasteiger partial charge in [0, 0.05) is 0 Å². The Morgan fingerprint density at radius 3 is 2.59 bits per heavy atom. The molecule has 0 aromatic heterocycles. The van der Waals surface area contributed by atoms with Gasteiger partial charge in [-0.25, -0.2) is 0 Å². The van der Waals surface area contributed by atoms with Crippen LogP contribution in [0.15, 0.2) is 30.3 Å². The summed E-state index contributed by atoms with van der Waals surface area (Å²) in [7, 11) is 0. The third kappa shape index (κ3) is 2.50. The summed E-state index contributed by atoms with van der Waals surface area (Å²) in [6.07, 6.45) is -0.549. The molecular weight excluding hydrogens is 263 g/mol. The van der Waals surface area contributed by atoms with Gasteiger partial charge in [0.1, 0.15) is 17.8 Å². The van der Waals surface area contributed by atoms with Gasteiger partial charge in [0.25, 0.3) is 0 Å². The lowest BCUT2D eigenvalue weighted by molar-refractivity contribution is -0.145. The van der Waals surface area contributed by atoms with Crippen molar-refractivity contribution in [1.82, 2.24) is 0 Å². The van der Waals surface area contributed by atoms with Crippen molar-refractivity contribution < 1.29 is 14.3 Å². The van der Waals surface area contributed by atoms with Crippen LogP contribution in [0.2, 0.25) is 0 Å². The van der Waals surface area contributed by atoms with Crippen molar-refractivity contribution in [2.75, 3.05) is 6.61 Å². The third-order valence-electron chi connectivity index (χ3n) is 2.53. The minimum absolute atomic E-state index is 0.303. The molecule has 0 spiro atoms. The monoisotopic (exact) mass is 274 g/mol. The SMILES string of the molecule is CCOC(=O)C1C(Oc2ccccc2)C1(Cl)Cl. The number of halogens is 2. The lowest BCUT2D eigenvalue weighted by atomic mass is 10.3. The molecule has 0 amide bonds. The highest BCUT2D eigenvalue weighted by molar-refractivity contribution is 6.53. The van der Waals surface area contributed by atoms with Gasteiger partial charge in [-0.05, 0) is 19.1 Å². The number of rotatable bonds is 4. The number of carbonyl (C=O) groups is 1. The molecule has 1 fully saturated rings. The summed E-state index contributed by atoms with van der Waals surface area (Å²) in [4.78, 5) is 11.6. The highest BCUT2D eigenvalue weighted by Crippen LogP contribution is 2.55. The Bertz CT molecular complexity index is 405. The first-order chi connectivity index (χ1) is 8.07. The smallest absolute Gasteiger partial charge is 0.316 e. The first-order valence-electron chi connectivity index (χ1n) is 5.33. The zero-order valence-corrected chi connectivity index (χ0v) is 10.7. The van der Waals surface area contributed by atoms with Crippen LogP contribution >= 0.6 is 23.2 Å². The molecule has 0 N–H and O–H groups in total. The van der Waals surface area contributed by atoms with E-state index in [9.17, 15) is 4.79 Å². The van der Waals surface area contributed by atoms with Crippen molar-refractivity contribution in [2.24, 2.45) is 5.92 Å². The van der Waals surface area contributed by atoms with Crippen LogP contribution in [0.1, 0.15) is 6.92 Å². The van der Waals surface area contributed by atoms with Gasteiger partial charge >= 0.3 is 5.97 Å². The lowest BCUT2D eigenvalue weighted by Gasteiger charge is -2.04. The maximum atomic E-state index is 11.6. The van der Waals surface area contributed by atoms with E-state index in [2.05, 4.69) is 0 Å². The van der Waals surface area contributed by atoms with Crippen LogP contribution in [-0.2, 0) is 9.53 Å². The van der Waals surface area contributed by atoms with Crippen molar-refractivity contribution in [2.45, 2.75) is 17.4 Å². The molecule has 0 saturated heterocycles. The van der Waals surface area contributed by atoms with Gasteiger partial charge in [-0.2, -0.15) is 0 Å². The lowest BCUT2D eigenvalue weighted by Crippen LogP contribution is -2.12. The summed E-state index contributed by atoms with van der Waals surface area (Å²) in [5.41, 5.74) is 0. The molecule has 1 aliphatic rings. The van der Waals surface area contributed by atoms with E-state index < -0.39 is 22.3 Å². The zero-order chi connectivity index (χ0) is 12.5. The fraction of sp³-hybridized carbons (Fsp3) is 0.417. The van der Waals surface area contributed by atoms with Gasteiger partial charge in [-0.15, -0.1) is 0 Å². The van der Waals surface area contributed by atoms with Crippen LogP contribution < -0.4 is 4.74 Å². The molecule has 0 radical (unpaired) electrons. The molecule has 0 aliphatic heterocycles. The van der Waals surface area contributed by atoms with Crippen LogP contribution in [0.4, 0.5) is 0 Å². The average Bonchev–Trinajstić information content (AvgIpc) is 2.82. The van der Waals surface area contributed by atoms with E-state index in [0.717, 1.165) is 0 Å². The standard InChI is InChI=1S/C12H12Cl2O3/c1-2-16-11(15)9-10(12(9,13)14)17-8-6-4-3-5-7-8/h3-7,9-10H,2H2,1H3. The molecule has 3 nitrogen and oxygen atoms in total. The minimum atomic E-state index is -1.19. The normalized spacial score (nSPS) is 25.1. The number of benzene rings is 1. The van der Waals surface area contributed by atoms with Crippen LogP contribution in [0.25, 0.3) is 0 Å². The first-order valence-corrected chi connectivity index (χ1v) is 6.09. The van der Waals surface area contributed by atoms with Gasteiger partial charge in [-0.1, -0.05) is 41.4 Å². The number of carbonyl (C=O) groups excluding carboxylic acids is 1. The van der Waals surface area contributed by atoms with Crippen LogP contribution in [0, 0.1) is 5.92 Å². The van der Waals surface area contributed by atoms with Gasteiger partial charge in [0.05, 0.1) is 6.61 Å². The molecule has 17 heavy (non-hydrogen) atoms. The minimum Gasteiger partial charge on any atom is -0.486 e. The predicted molar refractivity (Wildman–Crippen MR) is 65.4 cm³/mol.